The smallest absolute Gasteiger partial charge is 0.267 e. The van der Waals surface area contributed by atoms with Crippen molar-refractivity contribution in [1.82, 2.24) is 14.5 Å². The first-order valence-electron chi connectivity index (χ1n) is 5.90. The van der Waals surface area contributed by atoms with E-state index in [-0.39, 0.29) is 5.91 Å². The third-order valence-electron chi connectivity index (χ3n) is 3.16. The highest BCUT2D eigenvalue weighted by molar-refractivity contribution is 9.09. The zero-order valence-electron chi connectivity index (χ0n) is 9.86. The van der Waals surface area contributed by atoms with Crippen LogP contribution in [0.1, 0.15) is 41.0 Å². The molecular formula is C11H16BrN3OS. The molecule has 17 heavy (non-hydrogen) atoms. The summed E-state index contributed by atoms with van der Waals surface area (Å²) in [6.45, 7) is 2.70. The highest BCUT2D eigenvalue weighted by atomic mass is 79.9. The predicted molar refractivity (Wildman–Crippen MR) is 71.7 cm³/mol. The first kappa shape index (κ1) is 13.0. The summed E-state index contributed by atoms with van der Waals surface area (Å²) in [6, 6.07) is 0.312. The third-order valence-corrected chi connectivity index (χ3v) is 4.73. The molecule has 2 heterocycles. The maximum Gasteiger partial charge on any atom is 0.267 e. The fourth-order valence-electron chi connectivity index (χ4n) is 2.16. The van der Waals surface area contributed by atoms with Crippen LogP contribution < -0.4 is 0 Å². The fraction of sp³-hybridized carbons (Fsp3) is 0.727. The lowest BCUT2D eigenvalue weighted by Gasteiger charge is -2.28. The Morgan fingerprint density at radius 2 is 2.35 bits per heavy atom. The number of carbonyl (C=O) groups excluding carboxylic acids is 1. The van der Waals surface area contributed by atoms with Crippen LogP contribution in [-0.2, 0) is 0 Å². The lowest BCUT2D eigenvalue weighted by Crippen LogP contribution is -2.40. The molecule has 1 aromatic rings. The normalized spacial score (nSPS) is 21.3. The minimum Gasteiger partial charge on any atom is -0.334 e. The highest BCUT2D eigenvalue weighted by Crippen LogP contribution is 2.22. The molecule has 0 spiro atoms. The molecule has 0 aromatic carbocycles. The van der Waals surface area contributed by atoms with E-state index in [4.69, 9.17) is 0 Å². The summed E-state index contributed by atoms with van der Waals surface area (Å²) >= 11 is 4.72. The molecule has 2 rings (SSSR count). The number of nitrogens with zero attached hydrogens (tertiary/aromatic N) is 3. The molecule has 0 aliphatic carbocycles. The van der Waals surface area contributed by atoms with Crippen molar-refractivity contribution < 1.29 is 4.79 Å². The first-order valence-corrected chi connectivity index (χ1v) is 7.79. The predicted octanol–water partition coefficient (Wildman–Crippen LogP) is 2.63. The zero-order chi connectivity index (χ0) is 12.3. The van der Waals surface area contributed by atoms with Gasteiger partial charge in [0.15, 0.2) is 0 Å². The van der Waals surface area contributed by atoms with Gasteiger partial charge in [-0.15, -0.1) is 5.10 Å². The molecule has 1 aliphatic rings. The second-order valence-electron chi connectivity index (χ2n) is 4.34. The monoisotopic (exact) mass is 317 g/mol. The van der Waals surface area contributed by atoms with Gasteiger partial charge in [-0.2, -0.15) is 0 Å². The van der Waals surface area contributed by atoms with Crippen molar-refractivity contribution in [3.63, 3.8) is 0 Å². The Morgan fingerprint density at radius 1 is 1.53 bits per heavy atom. The van der Waals surface area contributed by atoms with E-state index in [1.54, 1.807) is 0 Å². The Kier molecular flexibility index (Phi) is 4.50. The van der Waals surface area contributed by atoms with Crippen LogP contribution in [0, 0.1) is 6.92 Å². The number of hydrogen-bond donors (Lipinski definition) is 0. The molecule has 4 nitrogen and oxygen atoms in total. The minimum absolute atomic E-state index is 0.101. The van der Waals surface area contributed by atoms with Crippen LogP contribution in [-0.4, -0.2) is 38.3 Å². The van der Waals surface area contributed by atoms with Crippen LogP contribution in [0.5, 0.6) is 0 Å². The summed E-state index contributed by atoms with van der Waals surface area (Å²) in [5.41, 5.74) is 0.748. The van der Waals surface area contributed by atoms with E-state index in [0.29, 0.717) is 10.9 Å². The van der Waals surface area contributed by atoms with Crippen LogP contribution >= 0.6 is 27.5 Å². The van der Waals surface area contributed by atoms with Crippen molar-refractivity contribution in [2.45, 2.75) is 38.6 Å². The number of halogens is 1. The number of alkyl halides is 1. The fourth-order valence-corrected chi connectivity index (χ4v) is 3.45. The quantitative estimate of drug-likeness (QED) is 0.788. The van der Waals surface area contributed by atoms with Crippen LogP contribution in [0.25, 0.3) is 0 Å². The SMILES string of the molecule is Cc1nnsc1C(=O)N1CCCCCC1CBr. The van der Waals surface area contributed by atoms with Gasteiger partial charge < -0.3 is 4.90 Å². The van der Waals surface area contributed by atoms with E-state index in [1.165, 1.54) is 24.4 Å². The lowest BCUT2D eigenvalue weighted by atomic mass is 10.1. The molecule has 1 unspecified atom stereocenters. The lowest BCUT2D eigenvalue weighted by molar-refractivity contribution is 0.0706. The summed E-state index contributed by atoms with van der Waals surface area (Å²) in [5, 5.41) is 4.77. The molecule has 0 saturated carbocycles. The number of amides is 1. The highest BCUT2D eigenvalue weighted by Gasteiger charge is 2.27. The molecule has 0 radical (unpaired) electrons. The second-order valence-corrected chi connectivity index (χ2v) is 5.75. The van der Waals surface area contributed by atoms with Crippen molar-refractivity contribution in [2.24, 2.45) is 0 Å². The van der Waals surface area contributed by atoms with Gasteiger partial charge in [-0.25, -0.2) is 0 Å². The van der Waals surface area contributed by atoms with Crippen molar-refractivity contribution in [1.29, 1.82) is 0 Å². The average Bonchev–Trinajstić information content (AvgIpc) is 2.64. The molecular weight excluding hydrogens is 302 g/mol. The molecule has 1 fully saturated rings. The zero-order valence-corrected chi connectivity index (χ0v) is 12.3. The van der Waals surface area contributed by atoms with E-state index in [0.717, 1.165) is 30.4 Å². The number of rotatable bonds is 2. The molecule has 0 N–H and O–H groups in total. The number of hydrogen-bond acceptors (Lipinski definition) is 4. The van der Waals surface area contributed by atoms with Crippen molar-refractivity contribution in [2.75, 3.05) is 11.9 Å². The van der Waals surface area contributed by atoms with E-state index in [1.807, 2.05) is 11.8 Å². The topological polar surface area (TPSA) is 46.1 Å². The van der Waals surface area contributed by atoms with Gasteiger partial charge in [-0.05, 0) is 31.3 Å². The summed E-state index contributed by atoms with van der Waals surface area (Å²) in [4.78, 5) is 15.1. The molecule has 1 atom stereocenters. The Morgan fingerprint density at radius 3 is 3.00 bits per heavy atom. The molecule has 1 aliphatic heterocycles. The second kappa shape index (κ2) is 5.91. The third kappa shape index (κ3) is 2.85. The Hall–Kier alpha value is -0.490. The van der Waals surface area contributed by atoms with Crippen LogP contribution in [0.3, 0.4) is 0 Å². The number of aromatic nitrogens is 2. The Labute approximate surface area is 114 Å². The van der Waals surface area contributed by atoms with Gasteiger partial charge in [-0.3, -0.25) is 4.79 Å². The molecule has 6 heteroatoms. The molecule has 1 saturated heterocycles. The van der Waals surface area contributed by atoms with E-state index in [9.17, 15) is 4.79 Å². The number of likely N-dealkylation sites (tertiary alicyclic amines) is 1. The van der Waals surface area contributed by atoms with E-state index < -0.39 is 0 Å². The van der Waals surface area contributed by atoms with Gasteiger partial charge >= 0.3 is 0 Å². The summed E-state index contributed by atoms with van der Waals surface area (Å²) in [5.74, 6) is 0.101. The van der Waals surface area contributed by atoms with Gasteiger partial charge in [0, 0.05) is 17.9 Å². The van der Waals surface area contributed by atoms with Crippen LogP contribution in [0.15, 0.2) is 0 Å². The number of aryl methyl sites for hydroxylation is 1. The molecule has 94 valence electrons. The average molecular weight is 318 g/mol. The first-order chi connectivity index (χ1) is 8.24. The maximum atomic E-state index is 12.4. The minimum atomic E-state index is 0.101. The van der Waals surface area contributed by atoms with Gasteiger partial charge in [0.2, 0.25) is 0 Å². The van der Waals surface area contributed by atoms with Crippen LogP contribution in [0.4, 0.5) is 0 Å². The van der Waals surface area contributed by atoms with Gasteiger partial charge in [0.1, 0.15) is 4.88 Å². The van der Waals surface area contributed by atoms with Gasteiger partial charge in [-0.1, -0.05) is 33.3 Å². The Balaban J connectivity index is 2.18. The number of carbonyl (C=O) groups is 1. The van der Waals surface area contributed by atoms with Crippen molar-refractivity contribution in [3.05, 3.63) is 10.6 Å². The molecule has 1 aromatic heterocycles. The summed E-state index contributed by atoms with van der Waals surface area (Å²) < 4.78 is 3.84. The maximum absolute atomic E-state index is 12.4. The van der Waals surface area contributed by atoms with Gasteiger partial charge in [0.05, 0.1) is 5.69 Å². The standard InChI is InChI=1S/C11H16BrN3OS/c1-8-10(17-14-13-8)11(16)15-6-4-2-3-5-9(15)7-12/h9H,2-7H2,1H3. The van der Waals surface area contributed by atoms with Crippen LogP contribution in [0.2, 0.25) is 0 Å². The summed E-state index contributed by atoms with van der Waals surface area (Å²) in [6.07, 6.45) is 4.61. The molecule has 0 bridgehead atoms. The molecule has 1 amide bonds. The van der Waals surface area contributed by atoms with E-state index in [2.05, 4.69) is 25.5 Å². The van der Waals surface area contributed by atoms with Crippen molar-refractivity contribution in [3.8, 4) is 0 Å². The largest absolute Gasteiger partial charge is 0.334 e. The summed E-state index contributed by atoms with van der Waals surface area (Å²) in [7, 11) is 0. The van der Waals surface area contributed by atoms with Gasteiger partial charge in [0.25, 0.3) is 5.91 Å². The van der Waals surface area contributed by atoms with E-state index >= 15 is 0 Å². The Bertz CT molecular complexity index is 396. The van der Waals surface area contributed by atoms with Crippen molar-refractivity contribution >= 4 is 33.4 Å².